The third-order valence-electron chi connectivity index (χ3n) is 5.12. The molecule has 0 saturated heterocycles. The van der Waals surface area contributed by atoms with Crippen molar-refractivity contribution in [2.45, 2.75) is 46.0 Å². The molecule has 1 heterocycles. The van der Waals surface area contributed by atoms with Gasteiger partial charge in [0.25, 0.3) is 5.56 Å². The molecule has 0 saturated carbocycles. The molecule has 6 heteroatoms. The molecule has 0 atom stereocenters. The molecule has 162 valence electrons. The van der Waals surface area contributed by atoms with E-state index in [9.17, 15) is 9.59 Å². The Morgan fingerprint density at radius 1 is 1.13 bits per heavy atom. The number of hydrogen-bond acceptors (Lipinski definition) is 4. The molecule has 0 fully saturated rings. The van der Waals surface area contributed by atoms with Crippen LogP contribution in [0.15, 0.2) is 53.6 Å². The standard InChI is InChI=1S/C25H29N3O3/c1-16(29)28-20-10-7-17(8-11-20)6-9-18-14-19(22-24(30)27-13-12-26-22)15-21(23(18)31-5)25(2,3)4/h7-8,10-15H,6,9H2,1-5H3,(H,27,30)(H,28,29). The van der Waals surface area contributed by atoms with Crippen molar-refractivity contribution in [3.8, 4) is 17.0 Å². The van der Waals surface area contributed by atoms with Crippen molar-refractivity contribution in [3.63, 3.8) is 0 Å². The molecule has 6 nitrogen and oxygen atoms in total. The number of aryl methyl sites for hydroxylation is 2. The number of aromatic amines is 1. The number of nitrogens with one attached hydrogen (secondary N) is 2. The number of hydrogen-bond donors (Lipinski definition) is 2. The highest BCUT2D eigenvalue weighted by atomic mass is 16.5. The first-order chi connectivity index (χ1) is 14.7. The van der Waals surface area contributed by atoms with E-state index >= 15 is 0 Å². The normalized spacial score (nSPS) is 11.3. The number of anilines is 1. The summed E-state index contributed by atoms with van der Waals surface area (Å²) >= 11 is 0. The Morgan fingerprint density at radius 2 is 1.84 bits per heavy atom. The van der Waals surface area contributed by atoms with Gasteiger partial charge in [-0.2, -0.15) is 0 Å². The van der Waals surface area contributed by atoms with Crippen molar-refractivity contribution in [3.05, 3.63) is 75.8 Å². The lowest BCUT2D eigenvalue weighted by atomic mass is 9.83. The first-order valence-corrected chi connectivity index (χ1v) is 10.3. The van der Waals surface area contributed by atoms with Gasteiger partial charge in [0.2, 0.25) is 5.91 Å². The Bertz CT molecular complexity index is 1130. The Balaban J connectivity index is 1.98. The van der Waals surface area contributed by atoms with Crippen molar-refractivity contribution in [2.75, 3.05) is 12.4 Å². The predicted molar refractivity (Wildman–Crippen MR) is 124 cm³/mol. The number of carbonyl (C=O) groups is 1. The van der Waals surface area contributed by atoms with E-state index in [4.69, 9.17) is 4.74 Å². The van der Waals surface area contributed by atoms with Gasteiger partial charge in [0.15, 0.2) is 0 Å². The smallest absolute Gasteiger partial charge is 0.274 e. The predicted octanol–water partition coefficient (Wildman–Crippen LogP) is 4.49. The number of aromatic nitrogens is 2. The largest absolute Gasteiger partial charge is 0.496 e. The fourth-order valence-corrected chi connectivity index (χ4v) is 3.60. The van der Waals surface area contributed by atoms with E-state index in [0.29, 0.717) is 5.69 Å². The van der Waals surface area contributed by atoms with Crippen molar-refractivity contribution in [1.29, 1.82) is 0 Å². The van der Waals surface area contributed by atoms with Crippen LogP contribution in [0.4, 0.5) is 5.69 Å². The zero-order valence-electron chi connectivity index (χ0n) is 18.7. The summed E-state index contributed by atoms with van der Waals surface area (Å²) < 4.78 is 5.82. The fourth-order valence-electron chi connectivity index (χ4n) is 3.60. The van der Waals surface area contributed by atoms with Crippen LogP contribution in [0.2, 0.25) is 0 Å². The number of carbonyl (C=O) groups excluding carboxylic acids is 1. The van der Waals surface area contributed by atoms with Gasteiger partial charge in [-0.25, -0.2) is 4.98 Å². The molecule has 2 aromatic carbocycles. The van der Waals surface area contributed by atoms with Gasteiger partial charge in [-0.1, -0.05) is 32.9 Å². The second-order valence-electron chi connectivity index (χ2n) is 8.61. The molecule has 1 amide bonds. The van der Waals surface area contributed by atoms with E-state index in [1.807, 2.05) is 36.4 Å². The Kier molecular flexibility index (Phi) is 6.59. The quantitative estimate of drug-likeness (QED) is 0.617. The fraction of sp³-hybridized carbons (Fsp3) is 0.320. The summed E-state index contributed by atoms with van der Waals surface area (Å²) in [5.41, 5.74) is 4.79. The highest BCUT2D eigenvalue weighted by Crippen LogP contribution is 2.37. The lowest BCUT2D eigenvalue weighted by molar-refractivity contribution is -0.114. The molecule has 3 rings (SSSR count). The maximum absolute atomic E-state index is 12.4. The molecule has 0 radical (unpaired) electrons. The highest BCUT2D eigenvalue weighted by Gasteiger charge is 2.23. The molecule has 0 spiro atoms. The third-order valence-corrected chi connectivity index (χ3v) is 5.12. The number of amides is 1. The Hall–Kier alpha value is -3.41. The van der Waals surface area contributed by atoms with Gasteiger partial charge < -0.3 is 15.0 Å². The third kappa shape index (κ3) is 5.40. The summed E-state index contributed by atoms with van der Waals surface area (Å²) in [5.74, 6) is 0.756. The molecule has 1 aromatic heterocycles. The topological polar surface area (TPSA) is 84.1 Å². The number of H-pyrrole nitrogens is 1. The molecule has 0 aliphatic rings. The molecule has 31 heavy (non-hydrogen) atoms. The van der Waals surface area contributed by atoms with Crippen LogP contribution in [-0.4, -0.2) is 23.0 Å². The van der Waals surface area contributed by atoms with Crippen LogP contribution >= 0.6 is 0 Å². The lowest BCUT2D eigenvalue weighted by Gasteiger charge is -2.25. The SMILES string of the molecule is COc1c(CCc2ccc(NC(C)=O)cc2)cc(-c2ncc[nH]c2=O)cc1C(C)(C)C. The Morgan fingerprint density at radius 3 is 2.42 bits per heavy atom. The molecule has 0 aliphatic carbocycles. The average molecular weight is 420 g/mol. The number of ether oxygens (including phenoxy) is 1. The average Bonchev–Trinajstić information content (AvgIpc) is 2.72. The summed E-state index contributed by atoms with van der Waals surface area (Å²) in [5, 5.41) is 2.78. The lowest BCUT2D eigenvalue weighted by Crippen LogP contribution is -2.16. The van der Waals surface area contributed by atoms with Crippen LogP contribution in [0, 0.1) is 0 Å². The number of nitrogens with zero attached hydrogens (tertiary/aromatic N) is 1. The first kappa shape index (κ1) is 22.3. The molecular weight excluding hydrogens is 390 g/mol. The Labute approximate surface area is 182 Å². The van der Waals surface area contributed by atoms with Gasteiger partial charge >= 0.3 is 0 Å². The van der Waals surface area contributed by atoms with Crippen molar-refractivity contribution in [1.82, 2.24) is 9.97 Å². The van der Waals surface area contributed by atoms with Gasteiger partial charge in [-0.3, -0.25) is 9.59 Å². The maximum Gasteiger partial charge on any atom is 0.274 e. The van der Waals surface area contributed by atoms with Gasteiger partial charge in [0.05, 0.1) is 7.11 Å². The van der Waals surface area contributed by atoms with Gasteiger partial charge in [-0.05, 0) is 53.6 Å². The second kappa shape index (κ2) is 9.16. The summed E-state index contributed by atoms with van der Waals surface area (Å²) in [6.45, 7) is 7.87. The minimum absolute atomic E-state index is 0.0893. The van der Waals surface area contributed by atoms with Crippen LogP contribution < -0.4 is 15.6 Å². The van der Waals surface area contributed by atoms with Gasteiger partial charge in [0.1, 0.15) is 11.4 Å². The zero-order valence-corrected chi connectivity index (χ0v) is 18.7. The van der Waals surface area contributed by atoms with Crippen LogP contribution in [-0.2, 0) is 23.1 Å². The minimum Gasteiger partial charge on any atom is -0.496 e. The summed E-state index contributed by atoms with van der Waals surface area (Å²) in [4.78, 5) is 30.6. The number of benzene rings is 2. The molecular formula is C25H29N3O3. The monoisotopic (exact) mass is 419 g/mol. The van der Waals surface area contributed by atoms with E-state index in [1.54, 1.807) is 13.3 Å². The van der Waals surface area contributed by atoms with Gasteiger partial charge in [-0.15, -0.1) is 0 Å². The van der Waals surface area contributed by atoms with E-state index in [1.165, 1.54) is 13.1 Å². The van der Waals surface area contributed by atoms with E-state index in [-0.39, 0.29) is 16.9 Å². The second-order valence-corrected chi connectivity index (χ2v) is 8.61. The molecule has 3 aromatic rings. The van der Waals surface area contributed by atoms with E-state index in [0.717, 1.165) is 46.5 Å². The maximum atomic E-state index is 12.4. The molecule has 0 aliphatic heterocycles. The minimum atomic E-state index is -0.216. The summed E-state index contributed by atoms with van der Waals surface area (Å²) in [7, 11) is 1.68. The van der Waals surface area contributed by atoms with Crippen molar-refractivity contribution in [2.24, 2.45) is 0 Å². The molecule has 0 unspecified atom stereocenters. The highest BCUT2D eigenvalue weighted by molar-refractivity contribution is 5.88. The summed E-state index contributed by atoms with van der Waals surface area (Å²) in [6, 6.07) is 11.8. The van der Waals surface area contributed by atoms with Crippen molar-refractivity contribution < 1.29 is 9.53 Å². The number of methoxy groups -OCH3 is 1. The summed E-state index contributed by atoms with van der Waals surface area (Å²) in [6.07, 6.45) is 4.66. The van der Waals surface area contributed by atoms with Crippen LogP contribution in [0.25, 0.3) is 11.3 Å². The van der Waals surface area contributed by atoms with Crippen molar-refractivity contribution >= 4 is 11.6 Å². The molecule has 2 N–H and O–H groups in total. The first-order valence-electron chi connectivity index (χ1n) is 10.3. The zero-order chi connectivity index (χ0) is 22.6. The van der Waals surface area contributed by atoms with Gasteiger partial charge in [0, 0.05) is 36.1 Å². The van der Waals surface area contributed by atoms with Crippen LogP contribution in [0.1, 0.15) is 44.4 Å². The van der Waals surface area contributed by atoms with Crippen LogP contribution in [0.5, 0.6) is 5.75 Å². The molecule has 0 bridgehead atoms. The van der Waals surface area contributed by atoms with E-state index < -0.39 is 0 Å². The van der Waals surface area contributed by atoms with Crippen LogP contribution in [0.3, 0.4) is 0 Å². The van der Waals surface area contributed by atoms with E-state index in [2.05, 4.69) is 36.1 Å². The number of rotatable bonds is 6.